The normalized spacial score (nSPS) is 11.6. The van der Waals surface area contributed by atoms with Crippen molar-refractivity contribution in [1.29, 1.82) is 0 Å². The van der Waals surface area contributed by atoms with Gasteiger partial charge in [-0.05, 0) is 24.3 Å². The second-order valence-electron chi connectivity index (χ2n) is 5.50. The SMILES string of the molecule is COC(=O)C(C)CN(Cc1ccco1)C(=O)COc1ccccc1Cl. The zero-order valence-corrected chi connectivity index (χ0v) is 14.9. The average Bonchev–Trinajstić information content (AvgIpc) is 3.12. The molecule has 0 radical (unpaired) electrons. The highest BCUT2D eigenvalue weighted by Gasteiger charge is 2.23. The number of hydrogen-bond acceptors (Lipinski definition) is 5. The number of furan rings is 1. The molecule has 0 aliphatic rings. The van der Waals surface area contributed by atoms with E-state index in [1.54, 1.807) is 43.3 Å². The van der Waals surface area contributed by atoms with Gasteiger partial charge in [-0.2, -0.15) is 0 Å². The molecule has 1 heterocycles. The van der Waals surface area contributed by atoms with Gasteiger partial charge in [0.05, 0.1) is 30.9 Å². The number of rotatable bonds is 8. The third-order valence-electron chi connectivity index (χ3n) is 3.57. The van der Waals surface area contributed by atoms with Crippen molar-refractivity contribution in [3.8, 4) is 5.75 Å². The van der Waals surface area contributed by atoms with E-state index in [1.165, 1.54) is 18.3 Å². The monoisotopic (exact) mass is 365 g/mol. The van der Waals surface area contributed by atoms with E-state index >= 15 is 0 Å². The summed E-state index contributed by atoms with van der Waals surface area (Å²) in [7, 11) is 1.32. The van der Waals surface area contributed by atoms with Crippen LogP contribution in [0.4, 0.5) is 0 Å². The van der Waals surface area contributed by atoms with Crippen molar-refractivity contribution in [2.24, 2.45) is 5.92 Å². The molecule has 1 amide bonds. The molecule has 1 aromatic carbocycles. The number of esters is 1. The lowest BCUT2D eigenvalue weighted by atomic mass is 10.1. The van der Waals surface area contributed by atoms with Gasteiger partial charge in [-0.25, -0.2) is 0 Å². The van der Waals surface area contributed by atoms with Crippen molar-refractivity contribution in [2.45, 2.75) is 13.5 Å². The predicted octanol–water partition coefficient (Wildman–Crippen LogP) is 3.15. The van der Waals surface area contributed by atoms with Crippen molar-refractivity contribution >= 4 is 23.5 Å². The van der Waals surface area contributed by atoms with Crippen LogP contribution in [0.1, 0.15) is 12.7 Å². The lowest BCUT2D eigenvalue weighted by molar-refractivity contribution is -0.147. The average molecular weight is 366 g/mol. The minimum Gasteiger partial charge on any atom is -0.482 e. The fourth-order valence-electron chi connectivity index (χ4n) is 2.24. The molecule has 1 unspecified atom stereocenters. The summed E-state index contributed by atoms with van der Waals surface area (Å²) in [5.74, 6) is -0.0970. The molecule has 1 aromatic heterocycles. The highest BCUT2D eigenvalue weighted by Crippen LogP contribution is 2.23. The number of amides is 1. The molecule has 0 saturated carbocycles. The first-order valence-corrected chi connectivity index (χ1v) is 8.14. The molecule has 2 rings (SSSR count). The van der Waals surface area contributed by atoms with E-state index in [-0.39, 0.29) is 31.6 Å². The summed E-state index contributed by atoms with van der Waals surface area (Å²) >= 11 is 6.02. The van der Waals surface area contributed by atoms with E-state index in [0.717, 1.165) is 0 Å². The molecule has 7 heteroatoms. The van der Waals surface area contributed by atoms with Crippen LogP contribution in [0.25, 0.3) is 0 Å². The van der Waals surface area contributed by atoms with Gasteiger partial charge in [-0.1, -0.05) is 30.7 Å². The molecule has 1 atom stereocenters. The molecule has 0 aliphatic heterocycles. The molecule has 0 saturated heterocycles. The van der Waals surface area contributed by atoms with E-state index in [2.05, 4.69) is 0 Å². The molecular formula is C18H20ClNO5. The van der Waals surface area contributed by atoms with Gasteiger partial charge in [0, 0.05) is 6.54 Å². The van der Waals surface area contributed by atoms with E-state index in [4.69, 9.17) is 25.5 Å². The summed E-state index contributed by atoms with van der Waals surface area (Å²) in [6.45, 7) is 1.93. The smallest absolute Gasteiger partial charge is 0.310 e. The number of hydrogen-bond donors (Lipinski definition) is 0. The van der Waals surface area contributed by atoms with Crippen molar-refractivity contribution in [2.75, 3.05) is 20.3 Å². The number of methoxy groups -OCH3 is 1. The van der Waals surface area contributed by atoms with Gasteiger partial charge < -0.3 is 18.8 Å². The maximum atomic E-state index is 12.6. The van der Waals surface area contributed by atoms with Crippen molar-refractivity contribution in [3.63, 3.8) is 0 Å². The summed E-state index contributed by atoms with van der Waals surface area (Å²) in [6, 6.07) is 10.4. The summed E-state index contributed by atoms with van der Waals surface area (Å²) in [6.07, 6.45) is 1.53. The molecule has 6 nitrogen and oxygen atoms in total. The first-order chi connectivity index (χ1) is 12.0. The lowest BCUT2D eigenvalue weighted by Gasteiger charge is -2.24. The number of ether oxygens (including phenoxy) is 2. The molecule has 0 fully saturated rings. The highest BCUT2D eigenvalue weighted by molar-refractivity contribution is 6.32. The van der Waals surface area contributed by atoms with Crippen LogP contribution in [0.2, 0.25) is 5.02 Å². The van der Waals surface area contributed by atoms with Gasteiger partial charge in [0.15, 0.2) is 6.61 Å². The molecule has 0 bridgehead atoms. The van der Waals surface area contributed by atoms with Gasteiger partial charge in [0.2, 0.25) is 0 Å². The van der Waals surface area contributed by atoms with Gasteiger partial charge in [-0.15, -0.1) is 0 Å². The zero-order valence-electron chi connectivity index (χ0n) is 14.1. The summed E-state index contributed by atoms with van der Waals surface area (Å²) in [4.78, 5) is 25.7. The predicted molar refractivity (Wildman–Crippen MR) is 92.3 cm³/mol. The van der Waals surface area contributed by atoms with Crippen molar-refractivity contribution in [1.82, 2.24) is 4.90 Å². The number of carbonyl (C=O) groups is 2. The molecule has 134 valence electrons. The topological polar surface area (TPSA) is 69.0 Å². The Balaban J connectivity index is 2.03. The number of benzene rings is 1. The highest BCUT2D eigenvalue weighted by atomic mass is 35.5. The summed E-state index contributed by atoms with van der Waals surface area (Å²) < 4.78 is 15.5. The Morgan fingerprint density at radius 3 is 2.64 bits per heavy atom. The van der Waals surface area contributed by atoms with Gasteiger partial charge in [0.25, 0.3) is 5.91 Å². The van der Waals surface area contributed by atoms with Gasteiger partial charge in [0.1, 0.15) is 11.5 Å². The largest absolute Gasteiger partial charge is 0.482 e. The van der Waals surface area contributed by atoms with Crippen LogP contribution in [-0.4, -0.2) is 37.0 Å². The number of nitrogens with zero attached hydrogens (tertiary/aromatic N) is 1. The number of carbonyl (C=O) groups excluding carboxylic acids is 2. The minimum atomic E-state index is -0.468. The Bertz CT molecular complexity index is 701. The molecule has 0 N–H and O–H groups in total. The van der Waals surface area contributed by atoms with E-state index in [0.29, 0.717) is 16.5 Å². The Morgan fingerprint density at radius 2 is 2.00 bits per heavy atom. The Hall–Kier alpha value is -2.47. The van der Waals surface area contributed by atoms with Crippen LogP contribution in [0.3, 0.4) is 0 Å². The van der Waals surface area contributed by atoms with Crippen molar-refractivity contribution in [3.05, 3.63) is 53.4 Å². The van der Waals surface area contributed by atoms with E-state index < -0.39 is 5.92 Å². The van der Waals surface area contributed by atoms with Crippen LogP contribution in [-0.2, 0) is 20.9 Å². The third-order valence-corrected chi connectivity index (χ3v) is 3.88. The van der Waals surface area contributed by atoms with Crippen LogP contribution in [0, 0.1) is 5.92 Å². The molecular weight excluding hydrogens is 346 g/mol. The molecule has 25 heavy (non-hydrogen) atoms. The van der Waals surface area contributed by atoms with Crippen LogP contribution in [0.5, 0.6) is 5.75 Å². The Kier molecular flexibility index (Phi) is 6.89. The summed E-state index contributed by atoms with van der Waals surface area (Å²) in [5, 5.41) is 0.427. The zero-order chi connectivity index (χ0) is 18.2. The Labute approximate surface area is 151 Å². The van der Waals surface area contributed by atoms with E-state index in [1.807, 2.05) is 0 Å². The van der Waals surface area contributed by atoms with Crippen LogP contribution < -0.4 is 4.74 Å². The summed E-state index contributed by atoms with van der Waals surface area (Å²) in [5.41, 5.74) is 0. The third kappa shape index (κ3) is 5.53. The van der Waals surface area contributed by atoms with Gasteiger partial charge in [-0.3, -0.25) is 9.59 Å². The second kappa shape index (κ2) is 9.13. The quantitative estimate of drug-likeness (QED) is 0.672. The maximum absolute atomic E-state index is 12.6. The number of halogens is 1. The fourth-order valence-corrected chi connectivity index (χ4v) is 2.43. The first-order valence-electron chi connectivity index (χ1n) is 7.76. The minimum absolute atomic E-state index is 0.193. The molecule has 0 aliphatic carbocycles. The fraction of sp³-hybridized carbons (Fsp3) is 0.333. The number of para-hydroxylation sites is 1. The van der Waals surface area contributed by atoms with E-state index in [9.17, 15) is 9.59 Å². The molecule has 0 spiro atoms. The second-order valence-corrected chi connectivity index (χ2v) is 5.90. The van der Waals surface area contributed by atoms with Gasteiger partial charge >= 0.3 is 5.97 Å². The standard InChI is InChI=1S/C18H20ClNO5/c1-13(18(22)23-2)10-20(11-14-6-5-9-24-14)17(21)12-25-16-8-4-3-7-15(16)19/h3-9,13H,10-12H2,1-2H3. The van der Waals surface area contributed by atoms with Crippen LogP contribution in [0.15, 0.2) is 47.1 Å². The lowest BCUT2D eigenvalue weighted by Crippen LogP contribution is -2.39. The first kappa shape index (κ1) is 18.9. The Morgan fingerprint density at radius 1 is 1.24 bits per heavy atom. The van der Waals surface area contributed by atoms with Crippen molar-refractivity contribution < 1.29 is 23.5 Å². The molecule has 2 aromatic rings. The maximum Gasteiger partial charge on any atom is 0.310 e. The van der Waals surface area contributed by atoms with Crippen LogP contribution >= 0.6 is 11.6 Å².